The molecule has 1 aromatic rings. The van der Waals surface area contributed by atoms with Crippen molar-refractivity contribution in [1.29, 1.82) is 0 Å². The van der Waals surface area contributed by atoms with Gasteiger partial charge in [0.05, 0.1) is 6.10 Å². The van der Waals surface area contributed by atoms with Crippen molar-refractivity contribution in [2.75, 3.05) is 20.2 Å². The van der Waals surface area contributed by atoms with Gasteiger partial charge >= 0.3 is 0 Å². The summed E-state index contributed by atoms with van der Waals surface area (Å²) in [6.07, 6.45) is 1.23. The minimum atomic E-state index is 0.150. The molecule has 102 valence electrons. The smallest absolute Gasteiger partial charge is 0.0949 e. The fourth-order valence-electron chi connectivity index (χ4n) is 1.84. The van der Waals surface area contributed by atoms with Gasteiger partial charge in [-0.1, -0.05) is 50.6 Å². The standard InChI is InChI=1S/C16H27NO/c1-13-7-6-8-14(11-13)15(12-17-5)18-10-9-16(2,3)4/h6-8,11,15,17H,9-10,12H2,1-5H3. The first kappa shape index (κ1) is 15.2. The van der Waals surface area contributed by atoms with Crippen LogP contribution in [0.5, 0.6) is 0 Å². The van der Waals surface area contributed by atoms with E-state index in [1.807, 2.05) is 7.05 Å². The van der Waals surface area contributed by atoms with Crippen LogP contribution in [0.3, 0.4) is 0 Å². The summed E-state index contributed by atoms with van der Waals surface area (Å²) < 4.78 is 6.04. The van der Waals surface area contributed by atoms with Gasteiger partial charge in [0.1, 0.15) is 0 Å². The first-order chi connectivity index (χ1) is 8.42. The second-order valence-electron chi connectivity index (χ2n) is 6.14. The lowest BCUT2D eigenvalue weighted by molar-refractivity contribution is 0.0381. The molecule has 1 rings (SSSR count). The molecule has 0 aromatic heterocycles. The fourth-order valence-corrected chi connectivity index (χ4v) is 1.84. The van der Waals surface area contributed by atoms with E-state index in [4.69, 9.17) is 4.74 Å². The van der Waals surface area contributed by atoms with E-state index in [2.05, 4.69) is 57.3 Å². The van der Waals surface area contributed by atoms with Crippen molar-refractivity contribution >= 4 is 0 Å². The molecule has 0 spiro atoms. The Morgan fingerprint density at radius 3 is 2.56 bits per heavy atom. The van der Waals surface area contributed by atoms with E-state index in [1.54, 1.807) is 0 Å². The highest BCUT2D eigenvalue weighted by Crippen LogP contribution is 2.22. The molecule has 1 aromatic carbocycles. The van der Waals surface area contributed by atoms with Gasteiger partial charge in [-0.2, -0.15) is 0 Å². The van der Waals surface area contributed by atoms with E-state index < -0.39 is 0 Å². The zero-order valence-corrected chi connectivity index (χ0v) is 12.4. The Balaban J connectivity index is 2.60. The topological polar surface area (TPSA) is 21.3 Å². The Labute approximate surface area is 112 Å². The maximum absolute atomic E-state index is 6.04. The van der Waals surface area contributed by atoms with Crippen molar-refractivity contribution in [3.8, 4) is 0 Å². The van der Waals surface area contributed by atoms with Gasteiger partial charge in [0.25, 0.3) is 0 Å². The van der Waals surface area contributed by atoms with Gasteiger partial charge < -0.3 is 10.1 Å². The van der Waals surface area contributed by atoms with E-state index in [1.165, 1.54) is 11.1 Å². The first-order valence-corrected chi connectivity index (χ1v) is 6.75. The largest absolute Gasteiger partial charge is 0.372 e. The number of hydrogen-bond donors (Lipinski definition) is 1. The van der Waals surface area contributed by atoms with Crippen molar-refractivity contribution in [3.63, 3.8) is 0 Å². The van der Waals surface area contributed by atoms with Crippen LogP contribution >= 0.6 is 0 Å². The van der Waals surface area contributed by atoms with Gasteiger partial charge in [0.2, 0.25) is 0 Å². The molecular weight excluding hydrogens is 222 g/mol. The third-order valence-corrected chi connectivity index (χ3v) is 2.97. The normalized spacial score (nSPS) is 13.6. The molecule has 1 unspecified atom stereocenters. The maximum atomic E-state index is 6.04. The molecule has 2 nitrogen and oxygen atoms in total. The van der Waals surface area contributed by atoms with Gasteiger partial charge in [-0.15, -0.1) is 0 Å². The van der Waals surface area contributed by atoms with Crippen molar-refractivity contribution in [2.24, 2.45) is 5.41 Å². The molecule has 0 aliphatic rings. The third kappa shape index (κ3) is 5.65. The number of nitrogens with one attached hydrogen (secondary N) is 1. The lowest BCUT2D eigenvalue weighted by Crippen LogP contribution is -2.21. The lowest BCUT2D eigenvalue weighted by Gasteiger charge is -2.22. The van der Waals surface area contributed by atoms with Crippen LogP contribution in [0.1, 0.15) is 44.4 Å². The summed E-state index contributed by atoms with van der Waals surface area (Å²) in [5, 5.41) is 3.21. The molecule has 18 heavy (non-hydrogen) atoms. The van der Waals surface area contributed by atoms with Gasteiger partial charge in [-0.05, 0) is 31.4 Å². The molecule has 0 saturated heterocycles. The maximum Gasteiger partial charge on any atom is 0.0949 e. The van der Waals surface area contributed by atoms with Crippen molar-refractivity contribution in [2.45, 2.75) is 40.2 Å². The number of likely N-dealkylation sites (N-methyl/N-ethyl adjacent to an activating group) is 1. The van der Waals surface area contributed by atoms with Crippen LogP contribution in [0.15, 0.2) is 24.3 Å². The first-order valence-electron chi connectivity index (χ1n) is 6.75. The Hall–Kier alpha value is -0.860. The predicted molar refractivity (Wildman–Crippen MR) is 77.9 cm³/mol. The second kappa shape index (κ2) is 6.91. The monoisotopic (exact) mass is 249 g/mol. The Bertz CT molecular complexity index is 354. The van der Waals surface area contributed by atoms with Crippen LogP contribution < -0.4 is 5.32 Å². The Morgan fingerprint density at radius 2 is 2.00 bits per heavy atom. The van der Waals surface area contributed by atoms with E-state index in [0.29, 0.717) is 5.41 Å². The Morgan fingerprint density at radius 1 is 1.28 bits per heavy atom. The Kier molecular flexibility index (Phi) is 5.83. The number of ether oxygens (including phenoxy) is 1. The van der Waals surface area contributed by atoms with Crippen molar-refractivity contribution < 1.29 is 4.74 Å². The van der Waals surface area contributed by atoms with Crippen LogP contribution in [0, 0.1) is 12.3 Å². The summed E-state index contributed by atoms with van der Waals surface area (Å²) in [6, 6.07) is 8.57. The molecular formula is C16H27NO. The molecule has 0 fully saturated rings. The van der Waals surface area contributed by atoms with Crippen LogP contribution in [-0.2, 0) is 4.74 Å². The number of hydrogen-bond acceptors (Lipinski definition) is 2. The zero-order chi connectivity index (χ0) is 13.6. The van der Waals surface area contributed by atoms with Crippen molar-refractivity contribution in [3.05, 3.63) is 35.4 Å². The molecule has 0 radical (unpaired) electrons. The fraction of sp³-hybridized carbons (Fsp3) is 0.625. The summed E-state index contributed by atoms with van der Waals surface area (Å²) in [5.74, 6) is 0. The van der Waals surface area contributed by atoms with Gasteiger partial charge in [-0.3, -0.25) is 0 Å². The van der Waals surface area contributed by atoms with Gasteiger partial charge in [0, 0.05) is 13.2 Å². The molecule has 0 aliphatic carbocycles. The summed E-state index contributed by atoms with van der Waals surface area (Å²) in [7, 11) is 1.97. The summed E-state index contributed by atoms with van der Waals surface area (Å²) >= 11 is 0. The minimum Gasteiger partial charge on any atom is -0.372 e. The average Bonchev–Trinajstić information content (AvgIpc) is 2.26. The summed E-state index contributed by atoms with van der Waals surface area (Å²) in [6.45, 7) is 10.5. The van der Waals surface area contributed by atoms with E-state index in [-0.39, 0.29) is 6.10 Å². The molecule has 1 atom stereocenters. The highest BCUT2D eigenvalue weighted by atomic mass is 16.5. The van der Waals surface area contributed by atoms with Crippen molar-refractivity contribution in [1.82, 2.24) is 5.32 Å². The summed E-state index contributed by atoms with van der Waals surface area (Å²) in [5.41, 5.74) is 2.88. The van der Waals surface area contributed by atoms with E-state index >= 15 is 0 Å². The number of benzene rings is 1. The lowest BCUT2D eigenvalue weighted by atomic mass is 9.93. The molecule has 0 saturated carbocycles. The molecule has 0 aliphatic heterocycles. The molecule has 0 amide bonds. The number of aryl methyl sites for hydroxylation is 1. The van der Waals surface area contributed by atoms with Crippen LogP contribution in [0.4, 0.5) is 0 Å². The average molecular weight is 249 g/mol. The van der Waals surface area contributed by atoms with Gasteiger partial charge in [-0.25, -0.2) is 0 Å². The molecule has 0 heterocycles. The SMILES string of the molecule is CNCC(OCCC(C)(C)C)c1cccc(C)c1. The summed E-state index contributed by atoms with van der Waals surface area (Å²) in [4.78, 5) is 0. The van der Waals surface area contributed by atoms with Crippen LogP contribution in [0.25, 0.3) is 0 Å². The zero-order valence-electron chi connectivity index (χ0n) is 12.4. The minimum absolute atomic E-state index is 0.150. The molecule has 0 bridgehead atoms. The van der Waals surface area contributed by atoms with Gasteiger partial charge in [0.15, 0.2) is 0 Å². The second-order valence-corrected chi connectivity index (χ2v) is 6.14. The van der Waals surface area contributed by atoms with E-state index in [0.717, 1.165) is 19.6 Å². The highest BCUT2D eigenvalue weighted by Gasteiger charge is 2.14. The van der Waals surface area contributed by atoms with Crippen LogP contribution in [0.2, 0.25) is 0 Å². The van der Waals surface area contributed by atoms with E-state index in [9.17, 15) is 0 Å². The van der Waals surface area contributed by atoms with Crippen LogP contribution in [-0.4, -0.2) is 20.2 Å². The predicted octanol–water partition coefficient (Wildman–Crippen LogP) is 3.71. The quantitative estimate of drug-likeness (QED) is 0.830. The number of rotatable bonds is 6. The molecule has 1 N–H and O–H groups in total. The molecule has 2 heteroatoms. The highest BCUT2D eigenvalue weighted by molar-refractivity contribution is 5.24. The third-order valence-electron chi connectivity index (χ3n) is 2.97.